The number of amides is 1. The van der Waals surface area contributed by atoms with Gasteiger partial charge >= 0.3 is 0 Å². The van der Waals surface area contributed by atoms with E-state index in [9.17, 15) is 4.79 Å². The molecule has 2 atom stereocenters. The normalized spacial score (nSPS) is 20.8. The third-order valence-electron chi connectivity index (χ3n) is 5.43. The maximum absolute atomic E-state index is 13.1. The minimum atomic E-state index is -0.640. The number of furan rings is 1. The van der Waals surface area contributed by atoms with Crippen LogP contribution in [0.4, 0.5) is 5.82 Å². The summed E-state index contributed by atoms with van der Waals surface area (Å²) in [6.45, 7) is 4.41. The van der Waals surface area contributed by atoms with Gasteiger partial charge < -0.3 is 23.7 Å². The highest BCUT2D eigenvalue weighted by Gasteiger charge is 2.37. The Morgan fingerprint density at radius 1 is 0.933 bits per heavy atom. The minimum absolute atomic E-state index is 0.0455. The molecule has 30 heavy (non-hydrogen) atoms. The Hall–Kier alpha value is -3.55. The third-order valence-corrected chi connectivity index (χ3v) is 5.43. The van der Waals surface area contributed by atoms with Crippen molar-refractivity contribution in [1.82, 2.24) is 15.1 Å². The number of carbonyl (C=O) groups is 1. The first-order chi connectivity index (χ1) is 14.7. The molecule has 3 aromatic rings. The second-order valence-electron chi connectivity index (χ2n) is 7.37. The average molecular weight is 406 g/mol. The van der Waals surface area contributed by atoms with E-state index in [0.29, 0.717) is 49.1 Å². The topological polar surface area (TPSA) is 80.9 Å². The smallest absolute Gasteiger partial charge is 0.267 e. The number of rotatable bonds is 3. The Labute approximate surface area is 174 Å². The summed E-state index contributed by atoms with van der Waals surface area (Å²) in [7, 11) is 0. The maximum atomic E-state index is 13.1. The monoisotopic (exact) mass is 406 g/mol. The molecule has 0 bridgehead atoms. The molecule has 1 aromatic carbocycles. The average Bonchev–Trinajstić information content (AvgIpc) is 3.33. The largest absolute Gasteiger partial charge is 0.482 e. The molecule has 154 valence electrons. The lowest BCUT2D eigenvalue weighted by Gasteiger charge is -2.39. The van der Waals surface area contributed by atoms with Gasteiger partial charge in [0.1, 0.15) is 11.8 Å². The van der Waals surface area contributed by atoms with Crippen LogP contribution in [0, 0.1) is 0 Å². The van der Waals surface area contributed by atoms with Crippen LogP contribution in [0.15, 0.2) is 59.2 Å². The summed E-state index contributed by atoms with van der Waals surface area (Å²) in [5, 5.41) is 8.58. The molecule has 2 aromatic heterocycles. The fourth-order valence-electron chi connectivity index (χ4n) is 3.78. The van der Waals surface area contributed by atoms with Gasteiger partial charge in [-0.05, 0) is 43.3 Å². The number of ether oxygens (including phenoxy) is 2. The lowest BCUT2D eigenvalue weighted by Crippen LogP contribution is -2.56. The van der Waals surface area contributed by atoms with E-state index in [1.54, 1.807) is 6.26 Å². The van der Waals surface area contributed by atoms with E-state index in [-0.39, 0.29) is 12.0 Å². The van der Waals surface area contributed by atoms with Gasteiger partial charge in [-0.25, -0.2) is 0 Å². The van der Waals surface area contributed by atoms with Crippen molar-refractivity contribution in [2.45, 2.75) is 19.1 Å². The molecule has 1 saturated heterocycles. The number of nitrogens with zero attached hydrogens (tertiary/aromatic N) is 4. The quantitative estimate of drug-likeness (QED) is 0.661. The van der Waals surface area contributed by atoms with Crippen molar-refractivity contribution in [3.63, 3.8) is 0 Å². The van der Waals surface area contributed by atoms with Gasteiger partial charge in [0.25, 0.3) is 5.91 Å². The predicted octanol–water partition coefficient (Wildman–Crippen LogP) is 2.61. The van der Waals surface area contributed by atoms with Crippen molar-refractivity contribution in [2.75, 3.05) is 31.1 Å². The number of hydrogen-bond acceptors (Lipinski definition) is 7. The van der Waals surface area contributed by atoms with Gasteiger partial charge in [0.05, 0.1) is 6.26 Å². The molecular weight excluding hydrogens is 384 g/mol. The number of piperazine rings is 1. The molecule has 0 saturated carbocycles. The summed E-state index contributed by atoms with van der Waals surface area (Å²) >= 11 is 0. The number of fused-ring (bicyclic) bond motifs is 1. The van der Waals surface area contributed by atoms with E-state index in [2.05, 4.69) is 15.1 Å². The van der Waals surface area contributed by atoms with Crippen molar-refractivity contribution in [3.8, 4) is 23.0 Å². The molecule has 0 N–H and O–H groups in total. The third kappa shape index (κ3) is 3.45. The summed E-state index contributed by atoms with van der Waals surface area (Å²) in [4.78, 5) is 17.0. The highest BCUT2D eigenvalue weighted by Crippen LogP contribution is 2.34. The van der Waals surface area contributed by atoms with E-state index in [1.165, 1.54) is 0 Å². The van der Waals surface area contributed by atoms with E-state index in [0.717, 1.165) is 5.82 Å². The van der Waals surface area contributed by atoms with Crippen molar-refractivity contribution < 1.29 is 18.7 Å². The van der Waals surface area contributed by atoms with Gasteiger partial charge in [0, 0.05) is 26.2 Å². The second-order valence-corrected chi connectivity index (χ2v) is 7.37. The molecule has 0 aliphatic carbocycles. The van der Waals surface area contributed by atoms with Gasteiger partial charge in [0.2, 0.25) is 6.10 Å². The summed E-state index contributed by atoms with van der Waals surface area (Å²) < 4.78 is 17.2. The van der Waals surface area contributed by atoms with E-state index < -0.39 is 6.10 Å². The van der Waals surface area contributed by atoms with Crippen molar-refractivity contribution >= 4 is 11.7 Å². The molecule has 4 heterocycles. The first-order valence-electron chi connectivity index (χ1n) is 10.0. The lowest BCUT2D eigenvalue weighted by molar-refractivity contribution is -0.144. The zero-order valence-corrected chi connectivity index (χ0v) is 16.6. The van der Waals surface area contributed by atoms with Crippen molar-refractivity contribution in [2.24, 2.45) is 0 Å². The van der Waals surface area contributed by atoms with Crippen LogP contribution < -0.4 is 14.4 Å². The SMILES string of the molecule is CC1Oc2ccccc2OC1C(=O)N1CCN(c2ccc(-c3ccco3)nn2)CC1. The van der Waals surface area contributed by atoms with Crippen LogP contribution in [-0.2, 0) is 4.79 Å². The molecule has 1 amide bonds. The maximum Gasteiger partial charge on any atom is 0.267 e. The molecule has 1 fully saturated rings. The number of benzene rings is 1. The number of carbonyl (C=O) groups excluding carboxylic acids is 1. The molecular formula is C22H22N4O4. The first-order valence-corrected chi connectivity index (χ1v) is 10.0. The van der Waals surface area contributed by atoms with Gasteiger partial charge in [-0.3, -0.25) is 4.79 Å². The van der Waals surface area contributed by atoms with Crippen LogP contribution >= 0.6 is 0 Å². The Kier molecular flexibility index (Phi) is 4.74. The Morgan fingerprint density at radius 2 is 1.70 bits per heavy atom. The Bertz CT molecular complexity index is 1010. The van der Waals surface area contributed by atoms with Gasteiger partial charge in [-0.1, -0.05) is 12.1 Å². The first kappa shape index (κ1) is 18.5. The number of aromatic nitrogens is 2. The zero-order chi connectivity index (χ0) is 20.5. The summed E-state index contributed by atoms with van der Waals surface area (Å²) in [5.74, 6) is 2.72. The summed E-state index contributed by atoms with van der Waals surface area (Å²) in [6.07, 6.45) is 0.631. The van der Waals surface area contributed by atoms with E-state index in [1.807, 2.05) is 60.4 Å². The highest BCUT2D eigenvalue weighted by atomic mass is 16.6. The van der Waals surface area contributed by atoms with Gasteiger partial charge in [-0.2, -0.15) is 0 Å². The molecule has 2 aliphatic rings. The zero-order valence-electron chi connectivity index (χ0n) is 16.6. The molecule has 2 unspecified atom stereocenters. The van der Waals surface area contributed by atoms with E-state index in [4.69, 9.17) is 13.9 Å². The summed E-state index contributed by atoms with van der Waals surface area (Å²) in [6, 6.07) is 14.9. The molecule has 8 nitrogen and oxygen atoms in total. The fraction of sp³-hybridized carbons (Fsp3) is 0.318. The van der Waals surface area contributed by atoms with Crippen LogP contribution in [0.5, 0.6) is 11.5 Å². The summed E-state index contributed by atoms with van der Waals surface area (Å²) in [5.41, 5.74) is 0.696. The van der Waals surface area contributed by atoms with E-state index >= 15 is 0 Å². The molecule has 8 heteroatoms. The van der Waals surface area contributed by atoms with Crippen LogP contribution in [0.3, 0.4) is 0 Å². The van der Waals surface area contributed by atoms with Crippen molar-refractivity contribution in [3.05, 3.63) is 54.8 Å². The van der Waals surface area contributed by atoms with Crippen LogP contribution in [0.1, 0.15) is 6.92 Å². The van der Waals surface area contributed by atoms with Crippen LogP contribution in [-0.4, -0.2) is 59.4 Å². The highest BCUT2D eigenvalue weighted by molar-refractivity contribution is 5.82. The fourth-order valence-corrected chi connectivity index (χ4v) is 3.78. The number of hydrogen-bond donors (Lipinski definition) is 0. The molecule has 5 rings (SSSR count). The lowest BCUT2D eigenvalue weighted by atomic mass is 10.1. The number of para-hydroxylation sites is 2. The van der Waals surface area contributed by atoms with Gasteiger partial charge in [-0.15, -0.1) is 10.2 Å². The van der Waals surface area contributed by atoms with Crippen LogP contribution in [0.25, 0.3) is 11.5 Å². The van der Waals surface area contributed by atoms with Gasteiger partial charge in [0.15, 0.2) is 23.1 Å². The predicted molar refractivity (Wildman–Crippen MR) is 109 cm³/mol. The molecule has 0 spiro atoms. The van der Waals surface area contributed by atoms with Crippen LogP contribution in [0.2, 0.25) is 0 Å². The minimum Gasteiger partial charge on any atom is -0.482 e. The second kappa shape index (κ2) is 7.70. The number of anilines is 1. The Morgan fingerprint density at radius 3 is 2.37 bits per heavy atom. The Balaban J connectivity index is 1.21. The molecule has 0 radical (unpaired) electrons. The van der Waals surface area contributed by atoms with Crippen molar-refractivity contribution in [1.29, 1.82) is 0 Å². The molecule has 2 aliphatic heterocycles. The standard InChI is InChI=1S/C22H22N4O4/c1-15-21(30-19-6-3-2-5-18(19)29-15)22(27)26-12-10-25(11-13-26)20-9-8-16(23-24-20)17-7-4-14-28-17/h2-9,14-15,21H,10-13H2,1H3.